The van der Waals surface area contributed by atoms with Crippen LogP contribution in [0.2, 0.25) is 0 Å². The van der Waals surface area contributed by atoms with E-state index in [0.717, 1.165) is 44.7 Å². The lowest BCUT2D eigenvalue weighted by Crippen LogP contribution is -2.02. The molecule has 0 saturated carbocycles. The Balaban J connectivity index is 1.43. The number of aromatic nitrogens is 3. The average molecular weight is 511 g/mol. The van der Waals surface area contributed by atoms with Gasteiger partial charge in [-0.2, -0.15) is 5.26 Å². The van der Waals surface area contributed by atoms with Crippen LogP contribution in [0.5, 0.6) is 0 Å². The highest BCUT2D eigenvalue weighted by Crippen LogP contribution is 2.38. The molecule has 0 bridgehead atoms. The molecule has 40 heavy (non-hydrogen) atoms. The van der Waals surface area contributed by atoms with E-state index in [-0.39, 0.29) is 0 Å². The molecule has 4 heteroatoms. The molecule has 4 nitrogen and oxygen atoms in total. The smallest absolute Gasteiger partial charge is 0.145 e. The number of hydrogen-bond acceptors (Lipinski definition) is 2. The van der Waals surface area contributed by atoms with Crippen molar-refractivity contribution < 1.29 is 0 Å². The van der Waals surface area contributed by atoms with E-state index in [4.69, 9.17) is 4.98 Å². The maximum Gasteiger partial charge on any atom is 0.145 e. The zero-order valence-electron chi connectivity index (χ0n) is 21.5. The van der Waals surface area contributed by atoms with Crippen LogP contribution >= 0.6 is 0 Å². The zero-order valence-corrected chi connectivity index (χ0v) is 21.5. The first-order valence-corrected chi connectivity index (χ1v) is 13.3. The maximum absolute atomic E-state index is 10.2. The quantitative estimate of drug-likeness (QED) is 0.238. The number of benzene rings is 5. The summed E-state index contributed by atoms with van der Waals surface area (Å²) in [4.78, 5) is 4.91. The standard InChI is InChI=1S/C36H22N4/c37-23-24-19-20-25(39-32-15-5-1-10-26(32)27-11-2-6-16-33(27)39)22-31(24)30-14-9-21-38-36(30)40-34-17-7-3-12-28(34)29-13-4-8-18-35(29)40/h1-22H. The van der Waals surface area contributed by atoms with Crippen LogP contribution in [0.1, 0.15) is 5.56 Å². The molecule has 0 radical (unpaired) electrons. The van der Waals surface area contributed by atoms with Gasteiger partial charge < -0.3 is 4.57 Å². The molecule has 0 unspecified atom stereocenters. The molecule has 0 spiro atoms. The summed E-state index contributed by atoms with van der Waals surface area (Å²) in [6, 6.07) is 46.3. The topological polar surface area (TPSA) is 46.5 Å². The van der Waals surface area contributed by atoms with Crippen LogP contribution in [0, 0.1) is 11.3 Å². The second-order valence-corrected chi connectivity index (χ2v) is 9.96. The van der Waals surface area contributed by atoms with E-state index < -0.39 is 0 Å². The van der Waals surface area contributed by atoms with Crippen molar-refractivity contribution >= 4 is 43.6 Å². The number of pyridine rings is 1. The largest absolute Gasteiger partial charge is 0.309 e. The van der Waals surface area contributed by atoms with E-state index in [9.17, 15) is 5.26 Å². The van der Waals surface area contributed by atoms with E-state index in [1.165, 1.54) is 21.5 Å². The molecule has 3 aromatic heterocycles. The van der Waals surface area contributed by atoms with Gasteiger partial charge in [-0.15, -0.1) is 0 Å². The first-order valence-electron chi connectivity index (χ1n) is 13.3. The zero-order chi connectivity index (χ0) is 26.6. The predicted molar refractivity (Wildman–Crippen MR) is 163 cm³/mol. The Morgan fingerprint density at radius 3 is 1.52 bits per heavy atom. The number of hydrogen-bond donors (Lipinski definition) is 0. The van der Waals surface area contributed by atoms with Crippen molar-refractivity contribution in [2.24, 2.45) is 0 Å². The molecular formula is C36H22N4. The summed E-state index contributed by atoms with van der Waals surface area (Å²) in [5.74, 6) is 0.802. The monoisotopic (exact) mass is 510 g/mol. The summed E-state index contributed by atoms with van der Waals surface area (Å²) in [5, 5.41) is 15.0. The van der Waals surface area contributed by atoms with E-state index in [1.807, 2.05) is 24.4 Å². The van der Waals surface area contributed by atoms with Crippen LogP contribution < -0.4 is 0 Å². The van der Waals surface area contributed by atoms with Crippen LogP contribution in [-0.2, 0) is 0 Å². The Labute approximate surface area is 230 Å². The molecule has 0 saturated heterocycles. The third-order valence-electron chi connectivity index (χ3n) is 7.83. The van der Waals surface area contributed by atoms with Crippen LogP contribution in [-0.4, -0.2) is 14.1 Å². The van der Waals surface area contributed by atoms with Crippen LogP contribution in [0.3, 0.4) is 0 Å². The fraction of sp³-hybridized carbons (Fsp3) is 0. The average Bonchev–Trinajstić information content (AvgIpc) is 3.54. The molecule has 0 aliphatic carbocycles. The van der Waals surface area contributed by atoms with Crippen molar-refractivity contribution in [2.75, 3.05) is 0 Å². The van der Waals surface area contributed by atoms with E-state index >= 15 is 0 Å². The number of nitriles is 1. The van der Waals surface area contributed by atoms with Crippen LogP contribution in [0.25, 0.3) is 66.2 Å². The molecule has 0 amide bonds. The number of fused-ring (bicyclic) bond motifs is 6. The van der Waals surface area contributed by atoms with Crippen LogP contribution in [0.4, 0.5) is 0 Å². The molecule has 0 fully saturated rings. The first kappa shape index (κ1) is 22.3. The minimum absolute atomic E-state index is 0.611. The van der Waals surface area contributed by atoms with Crippen LogP contribution in [0.15, 0.2) is 134 Å². The lowest BCUT2D eigenvalue weighted by Gasteiger charge is -2.15. The van der Waals surface area contributed by atoms with Crippen molar-refractivity contribution in [3.05, 3.63) is 139 Å². The van der Waals surface area contributed by atoms with Crippen molar-refractivity contribution in [1.29, 1.82) is 5.26 Å². The summed E-state index contributed by atoms with van der Waals surface area (Å²) in [6.07, 6.45) is 1.82. The highest BCUT2D eigenvalue weighted by atomic mass is 15.1. The summed E-state index contributed by atoms with van der Waals surface area (Å²) in [5.41, 5.74) is 7.81. The molecule has 0 N–H and O–H groups in total. The van der Waals surface area contributed by atoms with Gasteiger partial charge in [-0.3, -0.25) is 4.57 Å². The Bertz CT molecular complexity index is 2190. The van der Waals surface area contributed by atoms with Gasteiger partial charge in [-0.25, -0.2) is 4.98 Å². The van der Waals surface area contributed by atoms with Gasteiger partial charge in [0.25, 0.3) is 0 Å². The summed E-state index contributed by atoms with van der Waals surface area (Å²) >= 11 is 0. The van der Waals surface area contributed by atoms with Gasteiger partial charge in [-0.1, -0.05) is 72.8 Å². The third kappa shape index (κ3) is 3.15. The fourth-order valence-electron chi connectivity index (χ4n) is 6.13. The van der Waals surface area contributed by atoms with E-state index in [1.54, 1.807) is 0 Å². The number of rotatable bonds is 3. The van der Waals surface area contributed by atoms with Crippen molar-refractivity contribution in [2.45, 2.75) is 0 Å². The molecule has 8 rings (SSSR count). The molecule has 5 aromatic carbocycles. The van der Waals surface area contributed by atoms with E-state index in [2.05, 4.69) is 124 Å². The lowest BCUT2D eigenvalue weighted by atomic mass is 9.99. The minimum Gasteiger partial charge on any atom is -0.309 e. The predicted octanol–water partition coefficient (Wildman–Crippen LogP) is 8.81. The summed E-state index contributed by atoms with van der Waals surface area (Å²) in [7, 11) is 0. The van der Waals surface area contributed by atoms with Gasteiger partial charge in [0.2, 0.25) is 0 Å². The van der Waals surface area contributed by atoms with Gasteiger partial charge in [0.1, 0.15) is 5.82 Å². The molecule has 0 aliphatic heterocycles. The van der Waals surface area contributed by atoms with Gasteiger partial charge in [-0.05, 0) is 54.6 Å². The SMILES string of the molecule is N#Cc1ccc(-n2c3ccccc3c3ccccc32)cc1-c1cccnc1-n1c2ccccc2c2ccccc21. The summed E-state index contributed by atoms with van der Waals surface area (Å²) in [6.45, 7) is 0. The Kier molecular flexibility index (Phi) is 4.85. The normalized spacial score (nSPS) is 11.5. The third-order valence-corrected chi connectivity index (χ3v) is 7.83. The molecule has 186 valence electrons. The molecule has 0 atom stereocenters. The van der Waals surface area contributed by atoms with Crippen molar-refractivity contribution in [1.82, 2.24) is 14.1 Å². The molecular weight excluding hydrogens is 488 g/mol. The van der Waals surface area contributed by atoms with Crippen molar-refractivity contribution in [3.8, 4) is 28.7 Å². The first-order chi connectivity index (χ1) is 19.8. The highest BCUT2D eigenvalue weighted by Gasteiger charge is 2.19. The number of nitrogens with zero attached hydrogens (tertiary/aromatic N) is 4. The van der Waals surface area contributed by atoms with Gasteiger partial charge >= 0.3 is 0 Å². The second kappa shape index (κ2) is 8.69. The van der Waals surface area contributed by atoms with E-state index in [0.29, 0.717) is 5.56 Å². The Morgan fingerprint density at radius 1 is 0.500 bits per heavy atom. The number of para-hydroxylation sites is 4. The highest BCUT2D eigenvalue weighted by molar-refractivity contribution is 6.10. The van der Waals surface area contributed by atoms with Gasteiger partial charge in [0.15, 0.2) is 0 Å². The maximum atomic E-state index is 10.2. The molecule has 0 aliphatic rings. The Hall–Kier alpha value is -5.66. The fourth-order valence-corrected chi connectivity index (χ4v) is 6.13. The second-order valence-electron chi connectivity index (χ2n) is 9.96. The van der Waals surface area contributed by atoms with Gasteiger partial charge in [0, 0.05) is 44.6 Å². The molecule has 8 aromatic rings. The minimum atomic E-state index is 0.611. The van der Waals surface area contributed by atoms with Gasteiger partial charge in [0.05, 0.1) is 33.7 Å². The summed E-state index contributed by atoms with van der Waals surface area (Å²) < 4.78 is 4.50. The lowest BCUT2D eigenvalue weighted by molar-refractivity contribution is 1.08. The molecule has 3 heterocycles. The van der Waals surface area contributed by atoms with Crippen molar-refractivity contribution in [3.63, 3.8) is 0 Å². The Morgan fingerprint density at radius 2 is 1.00 bits per heavy atom.